The fourth-order valence-electron chi connectivity index (χ4n) is 4.07. The molecular formula is C17H25F5O2. The molecule has 0 aliphatic heterocycles. The van der Waals surface area contributed by atoms with Crippen molar-refractivity contribution in [1.82, 2.24) is 0 Å². The summed E-state index contributed by atoms with van der Waals surface area (Å²) in [6.07, 6.45) is 1.90. The van der Waals surface area contributed by atoms with Gasteiger partial charge in [0.05, 0.1) is 0 Å². The molecule has 24 heavy (non-hydrogen) atoms. The van der Waals surface area contributed by atoms with E-state index in [-0.39, 0.29) is 13.3 Å². The van der Waals surface area contributed by atoms with E-state index < -0.39 is 47.3 Å². The SMILES string of the molecule is CCC1(OC(=O)C2CC(C)CC(F)(C(C)(F)F)C2(F)F)CCCC1. The summed E-state index contributed by atoms with van der Waals surface area (Å²) in [7, 11) is 0. The van der Waals surface area contributed by atoms with Crippen molar-refractivity contribution in [3.63, 3.8) is 0 Å². The van der Waals surface area contributed by atoms with Crippen molar-refractivity contribution in [2.75, 3.05) is 0 Å². The van der Waals surface area contributed by atoms with Gasteiger partial charge in [-0.3, -0.25) is 4.79 Å². The number of halogens is 5. The fraction of sp³-hybridized carbons (Fsp3) is 0.941. The van der Waals surface area contributed by atoms with Gasteiger partial charge < -0.3 is 4.74 Å². The molecule has 7 heteroatoms. The second-order valence-corrected chi connectivity index (χ2v) is 7.57. The van der Waals surface area contributed by atoms with Gasteiger partial charge in [-0.05, 0) is 50.9 Å². The van der Waals surface area contributed by atoms with Gasteiger partial charge in [0.15, 0.2) is 0 Å². The van der Waals surface area contributed by atoms with Gasteiger partial charge in [0.25, 0.3) is 5.92 Å². The van der Waals surface area contributed by atoms with Crippen LogP contribution in [-0.4, -0.2) is 29.1 Å². The topological polar surface area (TPSA) is 26.3 Å². The first kappa shape index (κ1) is 19.4. The van der Waals surface area contributed by atoms with E-state index in [2.05, 4.69) is 0 Å². The Morgan fingerprint density at radius 2 is 1.75 bits per heavy atom. The predicted molar refractivity (Wildman–Crippen MR) is 78.9 cm³/mol. The molecule has 0 aromatic heterocycles. The van der Waals surface area contributed by atoms with E-state index in [0.717, 1.165) is 12.8 Å². The zero-order valence-electron chi connectivity index (χ0n) is 14.3. The Balaban J connectivity index is 2.29. The number of rotatable bonds is 4. The minimum absolute atomic E-state index is 0.145. The van der Waals surface area contributed by atoms with E-state index in [1.807, 2.05) is 0 Å². The number of hydrogen-bond donors (Lipinski definition) is 0. The van der Waals surface area contributed by atoms with Gasteiger partial charge in [-0.2, -0.15) is 0 Å². The van der Waals surface area contributed by atoms with Crippen LogP contribution in [0.3, 0.4) is 0 Å². The molecule has 0 heterocycles. The van der Waals surface area contributed by atoms with Crippen molar-refractivity contribution in [2.45, 2.75) is 88.8 Å². The molecule has 0 bridgehead atoms. The van der Waals surface area contributed by atoms with Crippen LogP contribution in [0.4, 0.5) is 22.0 Å². The highest BCUT2D eigenvalue weighted by Gasteiger charge is 2.74. The average molecular weight is 356 g/mol. The monoisotopic (exact) mass is 356 g/mol. The van der Waals surface area contributed by atoms with E-state index in [1.165, 1.54) is 6.92 Å². The molecule has 2 saturated carbocycles. The molecular weight excluding hydrogens is 331 g/mol. The second-order valence-electron chi connectivity index (χ2n) is 7.57. The van der Waals surface area contributed by atoms with Crippen molar-refractivity contribution in [3.05, 3.63) is 0 Å². The van der Waals surface area contributed by atoms with Crippen LogP contribution in [0.2, 0.25) is 0 Å². The summed E-state index contributed by atoms with van der Waals surface area (Å²) in [6.45, 7) is 3.34. The minimum Gasteiger partial charge on any atom is -0.459 e. The van der Waals surface area contributed by atoms with Crippen LogP contribution in [0.1, 0.15) is 65.7 Å². The number of ether oxygens (including phenoxy) is 1. The largest absolute Gasteiger partial charge is 0.459 e. The standard InChI is InChI=1S/C17H25F5O2/c1-4-15(7-5-6-8-15)24-13(23)12-9-11(2)10-16(20,14(3,18)19)17(12,21)22/h11-12H,4-10H2,1-3H3. The molecule has 0 aromatic rings. The van der Waals surface area contributed by atoms with E-state index in [0.29, 0.717) is 19.3 Å². The van der Waals surface area contributed by atoms with Crippen LogP contribution in [0.25, 0.3) is 0 Å². The molecule has 0 saturated heterocycles. The molecule has 2 fully saturated rings. The van der Waals surface area contributed by atoms with Crippen molar-refractivity contribution in [1.29, 1.82) is 0 Å². The van der Waals surface area contributed by atoms with Crippen molar-refractivity contribution >= 4 is 5.97 Å². The van der Waals surface area contributed by atoms with Gasteiger partial charge in [-0.25, -0.2) is 22.0 Å². The van der Waals surface area contributed by atoms with Gasteiger partial charge in [0.1, 0.15) is 11.5 Å². The van der Waals surface area contributed by atoms with Gasteiger partial charge in [-0.15, -0.1) is 0 Å². The van der Waals surface area contributed by atoms with Gasteiger partial charge in [0.2, 0.25) is 5.67 Å². The molecule has 0 amide bonds. The lowest BCUT2D eigenvalue weighted by atomic mass is 9.68. The summed E-state index contributed by atoms with van der Waals surface area (Å²) in [6, 6.07) is 0. The number of hydrogen-bond acceptors (Lipinski definition) is 2. The Hall–Kier alpha value is -0.880. The minimum atomic E-state index is -4.47. The Morgan fingerprint density at radius 3 is 2.21 bits per heavy atom. The summed E-state index contributed by atoms with van der Waals surface area (Å²) in [4.78, 5) is 12.4. The summed E-state index contributed by atoms with van der Waals surface area (Å²) in [5.74, 6) is -12.9. The van der Waals surface area contributed by atoms with Crippen LogP contribution in [0.15, 0.2) is 0 Å². The highest BCUT2D eigenvalue weighted by molar-refractivity contribution is 5.75. The smallest absolute Gasteiger partial charge is 0.315 e. The molecule has 2 aliphatic carbocycles. The lowest BCUT2D eigenvalue weighted by Crippen LogP contribution is -2.64. The highest BCUT2D eigenvalue weighted by Crippen LogP contribution is 2.56. The van der Waals surface area contributed by atoms with Gasteiger partial charge in [0, 0.05) is 6.92 Å². The maximum absolute atomic E-state index is 14.7. The third-order valence-corrected chi connectivity index (χ3v) is 5.69. The maximum atomic E-state index is 14.7. The molecule has 2 nitrogen and oxygen atoms in total. The molecule has 0 radical (unpaired) electrons. The van der Waals surface area contributed by atoms with Crippen molar-refractivity contribution in [3.8, 4) is 0 Å². The van der Waals surface area contributed by atoms with Gasteiger partial charge in [-0.1, -0.05) is 13.8 Å². The van der Waals surface area contributed by atoms with Crippen LogP contribution in [0, 0.1) is 11.8 Å². The van der Waals surface area contributed by atoms with Gasteiger partial charge >= 0.3 is 11.9 Å². The molecule has 2 aliphatic rings. The molecule has 0 N–H and O–H groups in total. The number of carbonyl (C=O) groups excluding carboxylic acids is 1. The predicted octanol–water partition coefficient (Wildman–Crippen LogP) is 5.30. The molecule has 3 atom stereocenters. The molecule has 140 valence electrons. The number of alkyl halides is 5. The van der Waals surface area contributed by atoms with Crippen LogP contribution in [0.5, 0.6) is 0 Å². The summed E-state index contributed by atoms with van der Waals surface area (Å²) < 4.78 is 76.5. The molecule has 3 unspecified atom stereocenters. The Labute approximate surface area is 139 Å². The highest BCUT2D eigenvalue weighted by atomic mass is 19.3. The average Bonchev–Trinajstić information content (AvgIpc) is 2.90. The van der Waals surface area contributed by atoms with Crippen LogP contribution < -0.4 is 0 Å². The Morgan fingerprint density at radius 1 is 1.21 bits per heavy atom. The van der Waals surface area contributed by atoms with Crippen molar-refractivity contribution in [2.24, 2.45) is 11.8 Å². The van der Waals surface area contributed by atoms with Crippen LogP contribution >= 0.6 is 0 Å². The third kappa shape index (κ3) is 3.03. The van der Waals surface area contributed by atoms with Crippen LogP contribution in [-0.2, 0) is 9.53 Å². The number of carbonyl (C=O) groups is 1. The zero-order chi connectivity index (χ0) is 18.4. The normalized spacial score (nSPS) is 35.7. The third-order valence-electron chi connectivity index (χ3n) is 5.69. The molecule has 2 rings (SSSR count). The van der Waals surface area contributed by atoms with E-state index >= 15 is 0 Å². The van der Waals surface area contributed by atoms with E-state index in [1.54, 1.807) is 6.92 Å². The quantitative estimate of drug-likeness (QED) is 0.505. The number of esters is 1. The maximum Gasteiger partial charge on any atom is 0.315 e. The first-order valence-corrected chi connectivity index (χ1v) is 8.56. The van der Waals surface area contributed by atoms with Crippen molar-refractivity contribution < 1.29 is 31.5 Å². The second kappa shape index (κ2) is 6.13. The lowest BCUT2D eigenvalue weighted by Gasteiger charge is -2.46. The zero-order valence-corrected chi connectivity index (χ0v) is 14.3. The Kier molecular flexibility index (Phi) is 4.97. The molecule has 0 aromatic carbocycles. The first-order chi connectivity index (χ1) is 10.9. The fourth-order valence-corrected chi connectivity index (χ4v) is 4.07. The molecule has 0 spiro atoms. The summed E-state index contributed by atoms with van der Waals surface area (Å²) in [5, 5.41) is 0. The Bertz CT molecular complexity index is 482. The first-order valence-electron chi connectivity index (χ1n) is 8.56. The summed E-state index contributed by atoms with van der Waals surface area (Å²) in [5.41, 5.74) is -4.86. The summed E-state index contributed by atoms with van der Waals surface area (Å²) >= 11 is 0. The van der Waals surface area contributed by atoms with E-state index in [4.69, 9.17) is 4.74 Å². The lowest BCUT2D eigenvalue weighted by molar-refractivity contribution is -0.284. The van der Waals surface area contributed by atoms with E-state index in [9.17, 15) is 26.7 Å².